The normalized spacial score (nSPS) is 19.7. The molecule has 0 aromatic rings. The van der Waals surface area contributed by atoms with Crippen LogP contribution in [0.3, 0.4) is 0 Å². The van der Waals surface area contributed by atoms with Crippen LogP contribution < -0.4 is 5.48 Å². The van der Waals surface area contributed by atoms with Gasteiger partial charge in [-0.3, -0.25) is 14.9 Å². The molecule has 1 fully saturated rings. The highest BCUT2D eigenvalue weighted by atomic mass is 16.5. The lowest BCUT2D eigenvalue weighted by atomic mass is 10.1. The van der Waals surface area contributed by atoms with E-state index in [9.17, 15) is 4.79 Å². The summed E-state index contributed by atoms with van der Waals surface area (Å²) in [4.78, 5) is 12.7. The predicted molar refractivity (Wildman–Crippen MR) is 40.2 cm³/mol. The minimum absolute atomic E-state index is 0.313. The molecular weight excluding hydrogens is 144 g/mol. The monoisotopic (exact) mass is 158 g/mol. The molecule has 1 aliphatic rings. The fourth-order valence-electron chi connectivity index (χ4n) is 1.36. The van der Waals surface area contributed by atoms with Crippen LogP contribution in [-0.2, 0) is 4.79 Å². The van der Waals surface area contributed by atoms with Crippen molar-refractivity contribution in [1.82, 2.24) is 10.4 Å². The molecule has 0 radical (unpaired) electrons. The van der Waals surface area contributed by atoms with E-state index in [1.165, 1.54) is 19.3 Å². The molecule has 0 spiro atoms. The van der Waals surface area contributed by atoms with E-state index in [4.69, 9.17) is 5.21 Å². The number of nitrogens with zero attached hydrogens (tertiary/aromatic N) is 1. The largest absolute Gasteiger partial charge is 0.294 e. The maximum Gasteiger partial charge on any atom is 0.257 e. The number of piperidine rings is 1. The van der Waals surface area contributed by atoms with Gasteiger partial charge in [-0.1, -0.05) is 6.42 Å². The first kappa shape index (κ1) is 8.49. The van der Waals surface area contributed by atoms with Crippen LogP contribution in [0.2, 0.25) is 0 Å². The molecule has 4 nitrogen and oxygen atoms in total. The lowest BCUT2D eigenvalue weighted by Gasteiger charge is -2.24. The summed E-state index contributed by atoms with van der Waals surface area (Å²) < 4.78 is 0. The van der Waals surface area contributed by atoms with E-state index in [0.717, 1.165) is 13.1 Å². The van der Waals surface area contributed by atoms with Crippen LogP contribution in [0, 0.1) is 0 Å². The van der Waals surface area contributed by atoms with Crippen LogP contribution in [0.4, 0.5) is 0 Å². The van der Waals surface area contributed by atoms with Crippen molar-refractivity contribution in [2.24, 2.45) is 0 Å². The number of hydrogen-bond donors (Lipinski definition) is 2. The van der Waals surface area contributed by atoms with Crippen molar-refractivity contribution < 1.29 is 10.0 Å². The van der Waals surface area contributed by atoms with Gasteiger partial charge >= 0.3 is 0 Å². The minimum atomic E-state index is -0.313. The highest BCUT2D eigenvalue weighted by Crippen LogP contribution is 2.07. The van der Waals surface area contributed by atoms with E-state index >= 15 is 0 Å². The summed E-state index contributed by atoms with van der Waals surface area (Å²) in [7, 11) is 0. The molecule has 1 rings (SSSR count). The second kappa shape index (κ2) is 4.31. The average molecular weight is 158 g/mol. The summed E-state index contributed by atoms with van der Waals surface area (Å²) in [6.45, 7) is 2.29. The van der Waals surface area contributed by atoms with E-state index in [2.05, 4.69) is 4.90 Å². The van der Waals surface area contributed by atoms with Crippen molar-refractivity contribution in [2.45, 2.75) is 19.3 Å². The van der Waals surface area contributed by atoms with Gasteiger partial charge in [0, 0.05) is 0 Å². The summed E-state index contributed by atoms with van der Waals surface area (Å²) in [5.41, 5.74) is 1.63. The molecule has 0 bridgehead atoms. The number of likely N-dealkylation sites (tertiary alicyclic amines) is 1. The number of carbonyl (C=O) groups excluding carboxylic acids is 1. The van der Waals surface area contributed by atoms with Crippen molar-refractivity contribution in [1.29, 1.82) is 0 Å². The fraction of sp³-hybridized carbons (Fsp3) is 0.857. The molecule has 1 aliphatic heterocycles. The first-order valence-electron chi connectivity index (χ1n) is 3.98. The van der Waals surface area contributed by atoms with Gasteiger partial charge in [-0.2, -0.15) is 0 Å². The lowest BCUT2D eigenvalue weighted by Crippen LogP contribution is -2.38. The quantitative estimate of drug-likeness (QED) is 0.438. The molecular formula is C7H14N2O2. The van der Waals surface area contributed by atoms with Crippen LogP contribution in [0.5, 0.6) is 0 Å². The van der Waals surface area contributed by atoms with Gasteiger partial charge < -0.3 is 0 Å². The van der Waals surface area contributed by atoms with E-state index in [1.54, 1.807) is 5.48 Å². The number of amides is 1. The lowest BCUT2D eigenvalue weighted by molar-refractivity contribution is -0.130. The zero-order valence-corrected chi connectivity index (χ0v) is 6.55. The van der Waals surface area contributed by atoms with Crippen LogP contribution in [-0.4, -0.2) is 35.6 Å². The zero-order valence-electron chi connectivity index (χ0n) is 6.55. The van der Waals surface area contributed by atoms with Crippen molar-refractivity contribution in [3.05, 3.63) is 0 Å². The summed E-state index contributed by atoms with van der Waals surface area (Å²) in [6, 6.07) is 0. The smallest absolute Gasteiger partial charge is 0.257 e. The molecule has 1 saturated heterocycles. The molecule has 1 amide bonds. The fourth-order valence-corrected chi connectivity index (χ4v) is 1.36. The van der Waals surface area contributed by atoms with Crippen molar-refractivity contribution in [3.8, 4) is 0 Å². The molecule has 0 saturated carbocycles. The van der Waals surface area contributed by atoms with Crippen molar-refractivity contribution >= 4 is 5.91 Å². The van der Waals surface area contributed by atoms with E-state index in [-0.39, 0.29) is 5.91 Å². The average Bonchev–Trinajstić information content (AvgIpc) is 2.06. The Kier molecular flexibility index (Phi) is 3.32. The maximum atomic E-state index is 10.7. The Balaban J connectivity index is 2.19. The number of nitrogens with one attached hydrogen (secondary N) is 1. The standard InChI is InChI=1S/C7H14N2O2/c10-7(8-11)6-9-4-2-1-3-5-9/h11H,1-6H2,(H,8,10). The maximum absolute atomic E-state index is 10.7. The van der Waals surface area contributed by atoms with Gasteiger partial charge in [-0.25, -0.2) is 5.48 Å². The number of hydrogen-bond acceptors (Lipinski definition) is 3. The number of rotatable bonds is 2. The summed E-state index contributed by atoms with van der Waals surface area (Å²) in [6.07, 6.45) is 3.59. The molecule has 1 heterocycles. The van der Waals surface area contributed by atoms with Gasteiger partial charge in [0.05, 0.1) is 6.54 Å². The van der Waals surface area contributed by atoms with Gasteiger partial charge in [-0.15, -0.1) is 0 Å². The highest BCUT2D eigenvalue weighted by molar-refractivity contribution is 5.76. The van der Waals surface area contributed by atoms with Gasteiger partial charge in [0.1, 0.15) is 0 Å². The Morgan fingerprint density at radius 3 is 2.55 bits per heavy atom. The van der Waals surface area contributed by atoms with Gasteiger partial charge in [0.2, 0.25) is 0 Å². The third kappa shape index (κ3) is 2.86. The van der Waals surface area contributed by atoms with Gasteiger partial charge in [0.15, 0.2) is 0 Å². The Morgan fingerprint density at radius 2 is 2.00 bits per heavy atom. The van der Waals surface area contributed by atoms with Crippen LogP contribution >= 0.6 is 0 Å². The Bertz CT molecular complexity index is 132. The van der Waals surface area contributed by atoms with Crippen LogP contribution in [0.15, 0.2) is 0 Å². The Morgan fingerprint density at radius 1 is 1.36 bits per heavy atom. The molecule has 0 atom stereocenters. The Hall–Kier alpha value is -0.610. The summed E-state index contributed by atoms with van der Waals surface area (Å²) in [5, 5.41) is 8.24. The van der Waals surface area contributed by atoms with E-state index in [0.29, 0.717) is 6.54 Å². The number of hydroxylamine groups is 1. The predicted octanol–water partition coefficient (Wildman–Crippen LogP) is -0.0223. The van der Waals surface area contributed by atoms with Crippen LogP contribution in [0.1, 0.15) is 19.3 Å². The second-order valence-corrected chi connectivity index (χ2v) is 2.87. The molecule has 4 heteroatoms. The summed E-state index contributed by atoms with van der Waals surface area (Å²) >= 11 is 0. The third-order valence-electron chi connectivity index (χ3n) is 1.94. The highest BCUT2D eigenvalue weighted by Gasteiger charge is 2.12. The Labute approximate surface area is 66.1 Å². The first-order chi connectivity index (χ1) is 5.33. The minimum Gasteiger partial charge on any atom is -0.294 e. The zero-order chi connectivity index (χ0) is 8.10. The molecule has 64 valence electrons. The molecule has 0 aromatic carbocycles. The first-order valence-corrected chi connectivity index (χ1v) is 3.98. The number of carbonyl (C=O) groups is 1. The summed E-state index contributed by atoms with van der Waals surface area (Å²) in [5.74, 6) is -0.313. The van der Waals surface area contributed by atoms with Gasteiger partial charge in [-0.05, 0) is 25.9 Å². The molecule has 11 heavy (non-hydrogen) atoms. The SMILES string of the molecule is O=C(CN1CCCCC1)NO. The molecule has 0 unspecified atom stereocenters. The van der Waals surface area contributed by atoms with Gasteiger partial charge in [0.25, 0.3) is 5.91 Å². The molecule has 0 aliphatic carbocycles. The topological polar surface area (TPSA) is 52.6 Å². The van der Waals surface area contributed by atoms with E-state index < -0.39 is 0 Å². The molecule has 0 aromatic heterocycles. The van der Waals surface area contributed by atoms with E-state index in [1.807, 2.05) is 0 Å². The van der Waals surface area contributed by atoms with Crippen molar-refractivity contribution in [3.63, 3.8) is 0 Å². The second-order valence-electron chi connectivity index (χ2n) is 2.87. The van der Waals surface area contributed by atoms with Crippen molar-refractivity contribution in [2.75, 3.05) is 19.6 Å². The third-order valence-corrected chi connectivity index (χ3v) is 1.94. The molecule has 2 N–H and O–H groups in total. The van der Waals surface area contributed by atoms with Crippen LogP contribution in [0.25, 0.3) is 0 Å².